The first-order chi connectivity index (χ1) is 12.6. The Kier molecular flexibility index (Phi) is 10.3. The molecule has 0 fully saturated rings. The van der Waals surface area contributed by atoms with Crippen molar-refractivity contribution in [3.63, 3.8) is 0 Å². The number of guanidine groups is 1. The van der Waals surface area contributed by atoms with Crippen LogP contribution in [0, 0.1) is 0 Å². The summed E-state index contributed by atoms with van der Waals surface area (Å²) in [5.74, 6) is 2.64. The molecule has 0 aliphatic heterocycles. The molecule has 0 aromatic heterocycles. The van der Waals surface area contributed by atoms with Crippen molar-refractivity contribution in [3.05, 3.63) is 52.0 Å². The van der Waals surface area contributed by atoms with Crippen molar-refractivity contribution < 1.29 is 14.2 Å². The fourth-order valence-electron chi connectivity index (χ4n) is 2.41. The molecule has 2 aromatic rings. The first-order valence-corrected chi connectivity index (χ1v) is 8.93. The molecule has 0 aliphatic carbocycles. The van der Waals surface area contributed by atoms with Crippen LogP contribution in [0.15, 0.2) is 45.9 Å². The minimum Gasteiger partial charge on any atom is -0.496 e. The maximum absolute atomic E-state index is 5.94. The van der Waals surface area contributed by atoms with Crippen molar-refractivity contribution in [2.45, 2.75) is 13.0 Å². The lowest BCUT2D eigenvalue weighted by atomic mass is 10.1. The van der Waals surface area contributed by atoms with Crippen LogP contribution in [-0.2, 0) is 13.0 Å². The fourth-order valence-corrected chi connectivity index (χ4v) is 3.00. The molecule has 6 nitrogen and oxygen atoms in total. The number of nitrogens with two attached hydrogens (primary N) is 1. The summed E-state index contributed by atoms with van der Waals surface area (Å²) in [6.45, 7) is 1.18. The van der Waals surface area contributed by atoms with Gasteiger partial charge in [-0.25, -0.2) is 4.99 Å². The number of aliphatic imine (C=N–C) groups is 1. The van der Waals surface area contributed by atoms with E-state index in [1.807, 2.05) is 36.4 Å². The quantitative estimate of drug-likeness (QED) is 0.298. The predicted molar refractivity (Wildman–Crippen MR) is 123 cm³/mol. The van der Waals surface area contributed by atoms with E-state index in [9.17, 15) is 0 Å². The van der Waals surface area contributed by atoms with Gasteiger partial charge in [0, 0.05) is 6.54 Å². The van der Waals surface area contributed by atoms with Crippen molar-refractivity contribution in [1.29, 1.82) is 0 Å². The highest BCUT2D eigenvalue weighted by Gasteiger charge is 2.05. The van der Waals surface area contributed by atoms with Crippen LogP contribution in [0.1, 0.15) is 11.1 Å². The van der Waals surface area contributed by atoms with Crippen LogP contribution in [0.5, 0.6) is 17.2 Å². The number of nitrogens with zero attached hydrogens (tertiary/aromatic N) is 1. The van der Waals surface area contributed by atoms with Gasteiger partial charge < -0.3 is 25.3 Å². The number of nitrogens with one attached hydrogen (secondary N) is 1. The number of hydrogen-bond donors (Lipinski definition) is 2. The van der Waals surface area contributed by atoms with Gasteiger partial charge >= 0.3 is 0 Å². The molecule has 0 spiro atoms. The van der Waals surface area contributed by atoms with Crippen LogP contribution < -0.4 is 25.3 Å². The zero-order valence-corrected chi connectivity index (χ0v) is 19.5. The molecule has 8 heteroatoms. The van der Waals surface area contributed by atoms with Crippen LogP contribution in [0.25, 0.3) is 0 Å². The zero-order chi connectivity index (χ0) is 18.9. The van der Waals surface area contributed by atoms with E-state index in [1.54, 1.807) is 21.3 Å². The fraction of sp³-hybridized carbons (Fsp3) is 0.316. The van der Waals surface area contributed by atoms with Gasteiger partial charge in [0.15, 0.2) is 17.5 Å². The average molecular weight is 550 g/mol. The van der Waals surface area contributed by atoms with Gasteiger partial charge in [-0.05, 0) is 57.7 Å². The summed E-state index contributed by atoms with van der Waals surface area (Å²) in [4.78, 5) is 4.36. The largest absolute Gasteiger partial charge is 0.496 e. The van der Waals surface area contributed by atoms with Crippen LogP contribution >= 0.6 is 39.9 Å². The minimum atomic E-state index is 0. The molecule has 27 heavy (non-hydrogen) atoms. The van der Waals surface area contributed by atoms with Gasteiger partial charge in [0.05, 0.1) is 32.3 Å². The SMILES string of the molecule is COc1ccc(CN=C(N)NCCc2ccc(OC)c(OC)c2)cc1Br.I. The van der Waals surface area contributed by atoms with E-state index < -0.39 is 0 Å². The highest BCUT2D eigenvalue weighted by atomic mass is 127. The normalized spacial score (nSPS) is 10.7. The third-order valence-electron chi connectivity index (χ3n) is 3.82. The Labute approximate surface area is 185 Å². The van der Waals surface area contributed by atoms with Crippen molar-refractivity contribution in [2.75, 3.05) is 27.9 Å². The first kappa shape index (κ1) is 23.4. The Morgan fingerprint density at radius 1 is 0.963 bits per heavy atom. The summed E-state index contributed by atoms with van der Waals surface area (Å²) < 4.78 is 16.7. The van der Waals surface area contributed by atoms with Crippen molar-refractivity contribution >= 4 is 45.9 Å². The second-order valence-corrected chi connectivity index (χ2v) is 6.39. The number of benzene rings is 2. The number of methoxy groups -OCH3 is 3. The predicted octanol–water partition coefficient (Wildman–Crippen LogP) is 3.74. The van der Waals surface area contributed by atoms with Crippen molar-refractivity contribution in [1.82, 2.24) is 5.32 Å². The molecule has 0 saturated carbocycles. The highest BCUT2D eigenvalue weighted by molar-refractivity contribution is 14.0. The van der Waals surface area contributed by atoms with E-state index in [1.165, 1.54) is 0 Å². The summed E-state index contributed by atoms with van der Waals surface area (Å²) in [5.41, 5.74) is 8.11. The molecule has 0 amide bonds. The van der Waals surface area contributed by atoms with E-state index in [0.29, 0.717) is 19.0 Å². The van der Waals surface area contributed by atoms with Gasteiger partial charge in [-0.15, -0.1) is 24.0 Å². The molecular formula is C19H25BrIN3O3. The summed E-state index contributed by atoms with van der Waals surface area (Å²) >= 11 is 3.46. The lowest BCUT2D eigenvalue weighted by molar-refractivity contribution is 0.354. The van der Waals surface area contributed by atoms with Crippen molar-refractivity contribution in [3.8, 4) is 17.2 Å². The van der Waals surface area contributed by atoms with E-state index in [0.717, 1.165) is 39.3 Å². The van der Waals surface area contributed by atoms with Gasteiger partial charge in [0.25, 0.3) is 0 Å². The van der Waals surface area contributed by atoms with E-state index in [-0.39, 0.29) is 24.0 Å². The number of hydrogen-bond acceptors (Lipinski definition) is 4. The molecule has 0 saturated heterocycles. The molecule has 0 unspecified atom stereocenters. The summed E-state index contributed by atoms with van der Waals surface area (Å²) in [7, 11) is 4.89. The molecule has 0 heterocycles. The number of rotatable bonds is 8. The van der Waals surface area contributed by atoms with Gasteiger partial charge in [-0.1, -0.05) is 12.1 Å². The maximum atomic E-state index is 5.94. The third kappa shape index (κ3) is 7.10. The smallest absolute Gasteiger partial charge is 0.188 e. The molecule has 0 radical (unpaired) electrons. The van der Waals surface area contributed by atoms with E-state index in [2.05, 4.69) is 26.2 Å². The molecular weight excluding hydrogens is 525 g/mol. The topological polar surface area (TPSA) is 78.1 Å². The molecule has 0 atom stereocenters. The second kappa shape index (κ2) is 11.9. The Morgan fingerprint density at radius 3 is 2.22 bits per heavy atom. The van der Waals surface area contributed by atoms with E-state index in [4.69, 9.17) is 19.9 Å². The second-order valence-electron chi connectivity index (χ2n) is 5.54. The molecule has 148 valence electrons. The third-order valence-corrected chi connectivity index (χ3v) is 4.44. The maximum Gasteiger partial charge on any atom is 0.188 e. The van der Waals surface area contributed by atoms with Gasteiger partial charge in [-0.3, -0.25) is 0 Å². The monoisotopic (exact) mass is 549 g/mol. The van der Waals surface area contributed by atoms with E-state index >= 15 is 0 Å². The minimum absolute atomic E-state index is 0. The lowest BCUT2D eigenvalue weighted by Gasteiger charge is -2.10. The Morgan fingerprint density at radius 2 is 1.59 bits per heavy atom. The summed E-state index contributed by atoms with van der Waals surface area (Å²) in [6.07, 6.45) is 0.796. The van der Waals surface area contributed by atoms with Gasteiger partial charge in [-0.2, -0.15) is 0 Å². The summed E-state index contributed by atoms with van der Waals surface area (Å²) in [6, 6.07) is 11.7. The first-order valence-electron chi connectivity index (χ1n) is 8.14. The van der Waals surface area contributed by atoms with Crippen LogP contribution in [0.3, 0.4) is 0 Å². The zero-order valence-electron chi connectivity index (χ0n) is 15.6. The average Bonchev–Trinajstić information content (AvgIpc) is 2.66. The Bertz CT molecular complexity index is 772. The lowest BCUT2D eigenvalue weighted by Crippen LogP contribution is -2.33. The van der Waals surface area contributed by atoms with Crippen LogP contribution in [0.4, 0.5) is 0 Å². The molecule has 2 rings (SSSR count). The molecule has 0 aliphatic rings. The van der Waals surface area contributed by atoms with Gasteiger partial charge in [0.1, 0.15) is 5.75 Å². The molecule has 0 bridgehead atoms. The summed E-state index contributed by atoms with van der Waals surface area (Å²) in [5, 5.41) is 3.12. The van der Waals surface area contributed by atoms with Crippen LogP contribution in [-0.4, -0.2) is 33.8 Å². The Hall–Kier alpha value is -1.68. The number of ether oxygens (including phenoxy) is 3. The molecule has 2 aromatic carbocycles. The standard InChI is InChI=1S/C19H24BrN3O3.HI/c1-24-16-6-5-14(10-15(16)20)12-23-19(21)22-9-8-13-4-7-17(25-2)18(11-13)26-3;/h4-7,10-11H,8-9,12H2,1-3H3,(H3,21,22,23);1H. The molecule has 3 N–H and O–H groups in total. The number of halogens is 2. The highest BCUT2D eigenvalue weighted by Crippen LogP contribution is 2.27. The van der Waals surface area contributed by atoms with Crippen molar-refractivity contribution in [2.24, 2.45) is 10.7 Å². The van der Waals surface area contributed by atoms with Gasteiger partial charge in [0.2, 0.25) is 0 Å². The Balaban J connectivity index is 0.00000364. The van der Waals surface area contributed by atoms with Crippen LogP contribution in [0.2, 0.25) is 0 Å².